The minimum absolute atomic E-state index is 0.137. The van der Waals surface area contributed by atoms with Gasteiger partial charge in [-0.25, -0.2) is 0 Å². The van der Waals surface area contributed by atoms with Gasteiger partial charge in [-0.3, -0.25) is 14.5 Å². The molecule has 0 fully saturated rings. The number of imide groups is 1. The first-order valence-corrected chi connectivity index (χ1v) is 10.8. The number of rotatable bonds is 7. The fourth-order valence-corrected chi connectivity index (χ4v) is 3.82. The van der Waals surface area contributed by atoms with Gasteiger partial charge in [-0.15, -0.1) is 0 Å². The first kappa shape index (κ1) is 22.4. The fourth-order valence-electron chi connectivity index (χ4n) is 3.70. The van der Waals surface area contributed by atoms with Crippen molar-refractivity contribution in [1.82, 2.24) is 4.90 Å². The van der Waals surface area contributed by atoms with Crippen molar-refractivity contribution < 1.29 is 14.3 Å². The molecule has 0 bridgehead atoms. The van der Waals surface area contributed by atoms with Gasteiger partial charge in [0.15, 0.2) is 0 Å². The molecule has 0 saturated carbocycles. The summed E-state index contributed by atoms with van der Waals surface area (Å²) in [5.74, 6) is -0.261. The standard InChI is InChI=1S/C26H24ClN3O3/c1-29(2)20-14-12-19(13-15-20)28-24-23(21-6-4-5-7-22(21)33-3)25(31)30(26(24)32)16-17-8-10-18(27)11-9-17/h4-15,28H,16H2,1-3H3. The normalized spacial score (nSPS) is 13.5. The maximum atomic E-state index is 13.5. The lowest BCUT2D eigenvalue weighted by Gasteiger charge is -2.16. The van der Waals surface area contributed by atoms with Crippen molar-refractivity contribution in [1.29, 1.82) is 0 Å². The minimum Gasteiger partial charge on any atom is -0.496 e. The van der Waals surface area contributed by atoms with E-state index in [1.54, 1.807) is 43.5 Å². The van der Waals surface area contributed by atoms with Crippen LogP contribution in [0.15, 0.2) is 78.5 Å². The molecule has 3 aromatic carbocycles. The second-order valence-electron chi connectivity index (χ2n) is 7.84. The Kier molecular flexibility index (Phi) is 6.38. The smallest absolute Gasteiger partial charge is 0.278 e. The van der Waals surface area contributed by atoms with E-state index in [-0.39, 0.29) is 23.7 Å². The van der Waals surface area contributed by atoms with Crippen molar-refractivity contribution in [3.63, 3.8) is 0 Å². The van der Waals surface area contributed by atoms with Gasteiger partial charge in [0.1, 0.15) is 11.4 Å². The predicted octanol–water partition coefficient (Wildman–Crippen LogP) is 4.81. The Labute approximate surface area is 198 Å². The molecule has 33 heavy (non-hydrogen) atoms. The van der Waals surface area contributed by atoms with Crippen molar-refractivity contribution in [3.8, 4) is 5.75 Å². The van der Waals surface area contributed by atoms with Gasteiger partial charge in [0.05, 0.1) is 19.2 Å². The van der Waals surface area contributed by atoms with Gasteiger partial charge >= 0.3 is 0 Å². The highest BCUT2D eigenvalue weighted by Gasteiger charge is 2.40. The zero-order chi connectivity index (χ0) is 23.5. The van der Waals surface area contributed by atoms with Crippen LogP contribution in [0, 0.1) is 0 Å². The zero-order valence-corrected chi connectivity index (χ0v) is 19.4. The number of amides is 2. The highest BCUT2D eigenvalue weighted by molar-refractivity contribution is 6.37. The van der Waals surface area contributed by atoms with E-state index in [9.17, 15) is 9.59 Å². The van der Waals surface area contributed by atoms with Crippen LogP contribution >= 0.6 is 11.6 Å². The van der Waals surface area contributed by atoms with Crippen molar-refractivity contribution in [2.24, 2.45) is 0 Å². The minimum atomic E-state index is -0.396. The van der Waals surface area contributed by atoms with Crippen LogP contribution in [0.1, 0.15) is 11.1 Å². The number of carbonyl (C=O) groups excluding carboxylic acids is 2. The number of nitrogens with zero attached hydrogens (tertiary/aromatic N) is 2. The Hall–Kier alpha value is -3.77. The number of carbonyl (C=O) groups is 2. The summed E-state index contributed by atoms with van der Waals surface area (Å²) in [4.78, 5) is 30.2. The molecule has 168 valence electrons. The summed E-state index contributed by atoms with van der Waals surface area (Å²) in [7, 11) is 5.45. The Morgan fingerprint density at radius 1 is 0.909 bits per heavy atom. The van der Waals surface area contributed by atoms with Crippen LogP contribution in [0.3, 0.4) is 0 Å². The number of halogens is 1. The van der Waals surface area contributed by atoms with E-state index in [0.717, 1.165) is 11.3 Å². The third-order valence-corrected chi connectivity index (χ3v) is 5.70. The number of hydrogen-bond donors (Lipinski definition) is 1. The molecule has 0 unspecified atom stereocenters. The van der Waals surface area contributed by atoms with Gasteiger partial charge in [0.2, 0.25) is 0 Å². The van der Waals surface area contributed by atoms with Gasteiger partial charge in [0.25, 0.3) is 11.8 Å². The van der Waals surface area contributed by atoms with E-state index in [2.05, 4.69) is 5.32 Å². The highest BCUT2D eigenvalue weighted by Crippen LogP contribution is 2.36. The molecule has 0 saturated heterocycles. The predicted molar refractivity (Wildman–Crippen MR) is 131 cm³/mol. The van der Waals surface area contributed by atoms with Gasteiger partial charge in [-0.05, 0) is 48.0 Å². The number of nitrogens with one attached hydrogen (secondary N) is 1. The molecular formula is C26H24ClN3O3. The number of para-hydroxylation sites is 1. The number of anilines is 2. The van der Waals surface area contributed by atoms with Crippen molar-refractivity contribution >= 4 is 40.4 Å². The van der Waals surface area contributed by atoms with Crippen LogP contribution in [0.4, 0.5) is 11.4 Å². The third-order valence-electron chi connectivity index (χ3n) is 5.45. The molecule has 0 spiro atoms. The van der Waals surface area contributed by atoms with E-state index in [0.29, 0.717) is 22.0 Å². The summed E-state index contributed by atoms with van der Waals surface area (Å²) >= 11 is 5.98. The maximum absolute atomic E-state index is 13.5. The molecule has 2 amide bonds. The largest absolute Gasteiger partial charge is 0.496 e. The van der Waals surface area contributed by atoms with Crippen LogP contribution in [-0.2, 0) is 16.1 Å². The molecule has 3 aromatic rings. The van der Waals surface area contributed by atoms with Gasteiger partial charge in [0, 0.05) is 36.1 Å². The number of methoxy groups -OCH3 is 1. The van der Waals surface area contributed by atoms with Crippen molar-refractivity contribution in [3.05, 3.63) is 94.6 Å². The van der Waals surface area contributed by atoms with Gasteiger partial charge in [-0.2, -0.15) is 0 Å². The molecule has 1 N–H and O–H groups in total. The molecule has 7 heteroatoms. The number of ether oxygens (including phenoxy) is 1. The van der Waals surface area contributed by atoms with E-state index in [1.807, 2.05) is 55.4 Å². The van der Waals surface area contributed by atoms with Crippen LogP contribution in [0.2, 0.25) is 5.02 Å². The van der Waals surface area contributed by atoms with Crippen LogP contribution < -0.4 is 15.0 Å². The summed E-state index contributed by atoms with van der Waals surface area (Å²) in [6.07, 6.45) is 0. The third kappa shape index (κ3) is 4.56. The molecule has 1 aliphatic heterocycles. The molecule has 1 aliphatic rings. The summed E-state index contributed by atoms with van der Waals surface area (Å²) in [5.41, 5.74) is 3.59. The van der Waals surface area contributed by atoms with Gasteiger partial charge in [-0.1, -0.05) is 41.9 Å². The quantitative estimate of drug-likeness (QED) is 0.512. The fraction of sp³-hybridized carbons (Fsp3) is 0.154. The number of hydrogen-bond acceptors (Lipinski definition) is 5. The second kappa shape index (κ2) is 9.38. The number of benzene rings is 3. The zero-order valence-electron chi connectivity index (χ0n) is 18.6. The van der Waals surface area contributed by atoms with Crippen LogP contribution in [-0.4, -0.2) is 37.9 Å². The average molecular weight is 462 g/mol. The van der Waals surface area contributed by atoms with E-state index >= 15 is 0 Å². The Balaban J connectivity index is 1.74. The molecule has 0 aromatic heterocycles. The Morgan fingerprint density at radius 2 is 1.58 bits per heavy atom. The van der Waals surface area contributed by atoms with E-state index < -0.39 is 5.91 Å². The topological polar surface area (TPSA) is 61.9 Å². The SMILES string of the molecule is COc1ccccc1C1=C(Nc2ccc(N(C)C)cc2)C(=O)N(Cc2ccc(Cl)cc2)C1=O. The lowest BCUT2D eigenvalue weighted by Crippen LogP contribution is -2.32. The van der Waals surface area contributed by atoms with Crippen LogP contribution in [0.25, 0.3) is 5.57 Å². The first-order chi connectivity index (χ1) is 15.9. The summed E-state index contributed by atoms with van der Waals surface area (Å²) in [6.45, 7) is 0.137. The van der Waals surface area contributed by atoms with Crippen molar-refractivity contribution in [2.75, 3.05) is 31.4 Å². The Bertz CT molecular complexity index is 1220. The summed E-state index contributed by atoms with van der Waals surface area (Å²) < 4.78 is 5.48. The molecule has 1 heterocycles. The lowest BCUT2D eigenvalue weighted by molar-refractivity contribution is -0.137. The molecule has 6 nitrogen and oxygen atoms in total. The molecule has 0 atom stereocenters. The van der Waals surface area contributed by atoms with E-state index in [1.165, 1.54) is 4.90 Å². The first-order valence-electron chi connectivity index (χ1n) is 10.4. The molecule has 0 radical (unpaired) electrons. The monoisotopic (exact) mass is 461 g/mol. The molecule has 0 aliphatic carbocycles. The van der Waals surface area contributed by atoms with E-state index in [4.69, 9.17) is 16.3 Å². The lowest BCUT2D eigenvalue weighted by atomic mass is 10.0. The molecule has 4 rings (SSSR count). The molecular weight excluding hydrogens is 438 g/mol. The highest BCUT2D eigenvalue weighted by atomic mass is 35.5. The Morgan fingerprint density at radius 3 is 2.21 bits per heavy atom. The summed E-state index contributed by atoms with van der Waals surface area (Å²) in [5, 5.41) is 3.78. The summed E-state index contributed by atoms with van der Waals surface area (Å²) in [6, 6.07) is 21.9. The van der Waals surface area contributed by atoms with Crippen LogP contribution in [0.5, 0.6) is 5.75 Å². The average Bonchev–Trinajstić information content (AvgIpc) is 3.04. The second-order valence-corrected chi connectivity index (χ2v) is 8.28. The van der Waals surface area contributed by atoms with Crippen molar-refractivity contribution in [2.45, 2.75) is 6.54 Å². The maximum Gasteiger partial charge on any atom is 0.278 e. The van der Waals surface area contributed by atoms with Gasteiger partial charge < -0.3 is 15.0 Å².